The minimum absolute atomic E-state index is 0.111. The topological polar surface area (TPSA) is 82.4 Å². The second-order valence-corrected chi connectivity index (χ2v) is 7.28. The van der Waals surface area contributed by atoms with Gasteiger partial charge in [-0.2, -0.15) is 5.26 Å². The highest BCUT2D eigenvalue weighted by Crippen LogP contribution is 2.28. The smallest absolute Gasteiger partial charge is 0.253 e. The number of likely N-dealkylation sites (tertiary alicyclic amines) is 1. The van der Waals surface area contributed by atoms with Crippen molar-refractivity contribution in [1.82, 2.24) is 4.90 Å². The average Bonchev–Trinajstić information content (AvgIpc) is 2.75. The molecule has 0 spiro atoms. The molecule has 1 unspecified atom stereocenters. The summed E-state index contributed by atoms with van der Waals surface area (Å²) >= 11 is 5.89. The van der Waals surface area contributed by atoms with Crippen LogP contribution in [-0.2, 0) is 4.79 Å². The molecular formula is C22H22ClN3O3. The molecule has 150 valence electrons. The number of anilines is 1. The summed E-state index contributed by atoms with van der Waals surface area (Å²) in [7, 11) is 0. The molecule has 0 aliphatic carbocycles. The number of amides is 2. The third-order valence-corrected chi connectivity index (χ3v) is 5.09. The molecule has 0 aromatic heterocycles. The number of hydrogen-bond acceptors (Lipinski definition) is 4. The largest absolute Gasteiger partial charge is 0.492 e. The van der Waals surface area contributed by atoms with Crippen molar-refractivity contribution in [1.29, 1.82) is 5.26 Å². The number of benzene rings is 2. The van der Waals surface area contributed by atoms with Crippen molar-refractivity contribution in [3.05, 3.63) is 58.6 Å². The van der Waals surface area contributed by atoms with E-state index in [2.05, 4.69) is 11.4 Å². The normalized spacial score (nSPS) is 16.0. The summed E-state index contributed by atoms with van der Waals surface area (Å²) in [6, 6.07) is 13.7. The predicted molar refractivity (Wildman–Crippen MR) is 111 cm³/mol. The van der Waals surface area contributed by atoms with Gasteiger partial charge in [-0.3, -0.25) is 9.59 Å². The first-order valence-corrected chi connectivity index (χ1v) is 9.92. The molecule has 3 rings (SSSR count). The first-order valence-electron chi connectivity index (χ1n) is 9.54. The van der Waals surface area contributed by atoms with Gasteiger partial charge in [0.05, 0.1) is 29.8 Å². The first kappa shape index (κ1) is 20.7. The van der Waals surface area contributed by atoms with Crippen LogP contribution in [0.15, 0.2) is 42.5 Å². The molecule has 1 atom stereocenters. The van der Waals surface area contributed by atoms with Crippen molar-refractivity contribution >= 4 is 29.1 Å². The van der Waals surface area contributed by atoms with Gasteiger partial charge in [-0.25, -0.2) is 0 Å². The molecule has 1 heterocycles. The Morgan fingerprint density at radius 1 is 1.28 bits per heavy atom. The molecule has 2 aromatic rings. The molecule has 29 heavy (non-hydrogen) atoms. The molecule has 6 nitrogen and oxygen atoms in total. The molecule has 1 fully saturated rings. The Labute approximate surface area is 175 Å². The van der Waals surface area contributed by atoms with Crippen LogP contribution < -0.4 is 10.1 Å². The maximum absolute atomic E-state index is 12.9. The second kappa shape index (κ2) is 9.44. The van der Waals surface area contributed by atoms with Crippen molar-refractivity contribution in [3.8, 4) is 11.8 Å². The molecule has 1 aliphatic heterocycles. The summed E-state index contributed by atoms with van der Waals surface area (Å²) < 4.78 is 5.55. The number of piperidine rings is 1. The van der Waals surface area contributed by atoms with E-state index in [0.29, 0.717) is 53.7 Å². The van der Waals surface area contributed by atoms with Gasteiger partial charge < -0.3 is 15.0 Å². The van der Waals surface area contributed by atoms with E-state index < -0.39 is 0 Å². The quantitative estimate of drug-likeness (QED) is 0.802. The van der Waals surface area contributed by atoms with Crippen LogP contribution in [0.5, 0.6) is 5.75 Å². The molecule has 7 heteroatoms. The zero-order chi connectivity index (χ0) is 20.8. The molecular weight excluding hydrogens is 390 g/mol. The van der Waals surface area contributed by atoms with Gasteiger partial charge in [0.15, 0.2) is 0 Å². The van der Waals surface area contributed by atoms with Gasteiger partial charge in [0, 0.05) is 23.7 Å². The highest BCUT2D eigenvalue weighted by Gasteiger charge is 2.29. The third-order valence-electron chi connectivity index (χ3n) is 4.84. The Kier molecular flexibility index (Phi) is 6.73. The molecule has 1 N–H and O–H groups in total. The fraction of sp³-hybridized carbons (Fsp3) is 0.318. The van der Waals surface area contributed by atoms with Crippen LogP contribution >= 0.6 is 11.6 Å². The number of carbonyl (C=O) groups excluding carboxylic acids is 2. The summed E-state index contributed by atoms with van der Waals surface area (Å²) in [5.74, 6) is -0.111. The van der Waals surface area contributed by atoms with E-state index in [-0.39, 0.29) is 17.7 Å². The van der Waals surface area contributed by atoms with E-state index in [1.807, 2.05) is 6.92 Å². The second-order valence-electron chi connectivity index (χ2n) is 6.84. The van der Waals surface area contributed by atoms with E-state index >= 15 is 0 Å². The SMILES string of the molecule is CCOc1ccc(C#N)cc1NC(=O)C1CCCN(C(=O)c2ccc(Cl)cc2)C1. The summed E-state index contributed by atoms with van der Waals surface area (Å²) in [4.78, 5) is 27.3. The lowest BCUT2D eigenvalue weighted by Crippen LogP contribution is -2.43. The van der Waals surface area contributed by atoms with E-state index in [4.69, 9.17) is 21.6 Å². The Morgan fingerprint density at radius 3 is 2.72 bits per heavy atom. The number of halogens is 1. The van der Waals surface area contributed by atoms with Crippen molar-refractivity contribution in [2.75, 3.05) is 25.0 Å². The minimum Gasteiger partial charge on any atom is -0.492 e. The van der Waals surface area contributed by atoms with Crippen LogP contribution in [0.4, 0.5) is 5.69 Å². The van der Waals surface area contributed by atoms with Gasteiger partial charge in [-0.15, -0.1) is 0 Å². The van der Waals surface area contributed by atoms with Crippen molar-refractivity contribution in [2.24, 2.45) is 5.92 Å². The number of rotatable bonds is 5. The molecule has 1 saturated heterocycles. The Morgan fingerprint density at radius 2 is 2.03 bits per heavy atom. The fourth-order valence-corrected chi connectivity index (χ4v) is 3.49. The summed E-state index contributed by atoms with van der Waals surface area (Å²) in [6.07, 6.45) is 1.44. The third kappa shape index (κ3) is 5.07. The predicted octanol–water partition coefficient (Wildman–Crippen LogP) is 4.10. The Hall–Kier alpha value is -3.04. The summed E-state index contributed by atoms with van der Waals surface area (Å²) in [5.41, 5.74) is 1.46. The Bertz CT molecular complexity index is 937. The van der Waals surface area contributed by atoms with Crippen LogP contribution in [0.3, 0.4) is 0 Å². The molecule has 2 amide bonds. The fourth-order valence-electron chi connectivity index (χ4n) is 3.36. The molecule has 0 saturated carbocycles. The highest BCUT2D eigenvalue weighted by atomic mass is 35.5. The van der Waals surface area contributed by atoms with Crippen LogP contribution in [0.25, 0.3) is 0 Å². The zero-order valence-electron chi connectivity index (χ0n) is 16.2. The zero-order valence-corrected chi connectivity index (χ0v) is 16.9. The standard InChI is InChI=1S/C22H22ClN3O3/c1-2-29-20-10-5-15(13-24)12-19(20)25-21(27)17-4-3-11-26(14-17)22(28)16-6-8-18(23)9-7-16/h5-10,12,17H,2-4,11,14H2,1H3,(H,25,27). The van der Waals surface area contributed by atoms with E-state index in [1.54, 1.807) is 47.4 Å². The van der Waals surface area contributed by atoms with Crippen LogP contribution in [0.1, 0.15) is 35.7 Å². The van der Waals surface area contributed by atoms with Crippen LogP contribution in [0.2, 0.25) is 5.02 Å². The average molecular weight is 412 g/mol. The van der Waals surface area contributed by atoms with Gasteiger partial charge >= 0.3 is 0 Å². The van der Waals surface area contributed by atoms with Crippen LogP contribution in [-0.4, -0.2) is 36.4 Å². The number of nitrogens with one attached hydrogen (secondary N) is 1. The van der Waals surface area contributed by atoms with Crippen LogP contribution in [0, 0.1) is 17.2 Å². The van der Waals surface area contributed by atoms with Gasteiger partial charge in [0.2, 0.25) is 5.91 Å². The maximum atomic E-state index is 12.9. The summed E-state index contributed by atoms with van der Waals surface area (Å²) in [5, 5.41) is 12.6. The number of hydrogen-bond donors (Lipinski definition) is 1. The van der Waals surface area contributed by atoms with E-state index in [0.717, 1.165) is 6.42 Å². The molecule has 0 radical (unpaired) electrons. The number of ether oxygens (including phenoxy) is 1. The van der Waals surface area contributed by atoms with Crippen molar-refractivity contribution in [2.45, 2.75) is 19.8 Å². The monoisotopic (exact) mass is 411 g/mol. The first-order chi connectivity index (χ1) is 14.0. The lowest BCUT2D eigenvalue weighted by atomic mass is 9.96. The van der Waals surface area contributed by atoms with Crippen molar-refractivity contribution in [3.63, 3.8) is 0 Å². The van der Waals surface area contributed by atoms with Gasteiger partial charge in [0.25, 0.3) is 5.91 Å². The Balaban J connectivity index is 1.71. The minimum atomic E-state index is -0.333. The van der Waals surface area contributed by atoms with E-state index in [9.17, 15) is 9.59 Å². The van der Waals surface area contributed by atoms with Gasteiger partial charge in [-0.05, 0) is 62.2 Å². The number of nitrogens with zero attached hydrogens (tertiary/aromatic N) is 2. The molecule has 1 aliphatic rings. The molecule has 2 aromatic carbocycles. The molecule has 0 bridgehead atoms. The lowest BCUT2D eigenvalue weighted by molar-refractivity contribution is -0.121. The lowest BCUT2D eigenvalue weighted by Gasteiger charge is -2.32. The maximum Gasteiger partial charge on any atom is 0.253 e. The summed E-state index contributed by atoms with van der Waals surface area (Å²) in [6.45, 7) is 3.25. The van der Waals surface area contributed by atoms with Gasteiger partial charge in [0.1, 0.15) is 5.75 Å². The van der Waals surface area contributed by atoms with Crippen molar-refractivity contribution < 1.29 is 14.3 Å². The van der Waals surface area contributed by atoms with Gasteiger partial charge in [-0.1, -0.05) is 11.6 Å². The number of carbonyl (C=O) groups is 2. The highest BCUT2D eigenvalue weighted by molar-refractivity contribution is 6.30. The number of nitriles is 1. The van der Waals surface area contributed by atoms with E-state index in [1.165, 1.54) is 0 Å².